The first-order valence-corrected chi connectivity index (χ1v) is 7.16. The monoisotopic (exact) mass is 352 g/mol. The number of aliphatic carboxylic acids is 1. The van der Waals surface area contributed by atoms with Crippen LogP contribution in [-0.4, -0.2) is 11.1 Å². The van der Waals surface area contributed by atoms with Gasteiger partial charge in [-0.15, -0.1) is 0 Å². The maximum absolute atomic E-state index is 11.8. The summed E-state index contributed by atoms with van der Waals surface area (Å²) in [7, 11) is 0. The molecule has 0 fully saturated rings. The van der Waals surface area contributed by atoms with Gasteiger partial charge in [0.2, 0.25) is 5.60 Å². The van der Waals surface area contributed by atoms with E-state index in [-0.39, 0.29) is 6.42 Å². The van der Waals surface area contributed by atoms with Crippen molar-refractivity contribution in [1.29, 1.82) is 0 Å². The highest BCUT2D eigenvalue weighted by atomic mass is 79.9. The quantitative estimate of drug-likeness (QED) is 0.887. The van der Waals surface area contributed by atoms with Gasteiger partial charge in [-0.05, 0) is 28.1 Å². The van der Waals surface area contributed by atoms with Crippen LogP contribution in [0.5, 0.6) is 5.75 Å². The second-order valence-electron chi connectivity index (χ2n) is 4.62. The lowest BCUT2D eigenvalue weighted by molar-refractivity contribution is -0.154. The standard InChI is InChI=1S/C15H10BrClO3/c16-13-10-8-15(14(18)19,9-4-2-1-3-5-9)20-12(10)7-6-11(13)17/h1-7H,8H2,(H,18,19)/t15-/m0/s1. The maximum Gasteiger partial charge on any atom is 0.353 e. The Morgan fingerprint density at radius 2 is 1.95 bits per heavy atom. The summed E-state index contributed by atoms with van der Waals surface area (Å²) in [4.78, 5) is 11.8. The molecule has 102 valence electrons. The van der Waals surface area contributed by atoms with Crippen molar-refractivity contribution in [1.82, 2.24) is 0 Å². The average Bonchev–Trinajstić information content (AvgIpc) is 2.86. The molecule has 3 rings (SSSR count). The third-order valence-electron chi connectivity index (χ3n) is 3.45. The Kier molecular flexibility index (Phi) is 3.22. The third kappa shape index (κ3) is 1.91. The summed E-state index contributed by atoms with van der Waals surface area (Å²) in [6.07, 6.45) is 0.239. The number of ether oxygens (including phenoxy) is 1. The normalized spacial score (nSPS) is 20.3. The van der Waals surface area contributed by atoms with Gasteiger partial charge in [0.15, 0.2) is 0 Å². The second kappa shape index (κ2) is 4.79. The van der Waals surface area contributed by atoms with Crippen LogP contribution in [0.25, 0.3) is 0 Å². The Balaban J connectivity index is 2.14. The lowest BCUT2D eigenvalue weighted by atomic mass is 9.89. The summed E-state index contributed by atoms with van der Waals surface area (Å²) < 4.78 is 6.48. The molecule has 0 saturated heterocycles. The summed E-state index contributed by atoms with van der Waals surface area (Å²) in [6, 6.07) is 12.4. The van der Waals surface area contributed by atoms with Gasteiger partial charge in [-0.2, -0.15) is 0 Å². The van der Waals surface area contributed by atoms with Crippen LogP contribution in [-0.2, 0) is 16.8 Å². The first-order valence-electron chi connectivity index (χ1n) is 5.99. The van der Waals surface area contributed by atoms with E-state index in [2.05, 4.69) is 15.9 Å². The minimum Gasteiger partial charge on any atom is -0.478 e. The molecule has 3 nitrogen and oxygen atoms in total. The minimum atomic E-state index is -1.39. The molecular weight excluding hydrogens is 344 g/mol. The van der Waals surface area contributed by atoms with E-state index in [9.17, 15) is 9.90 Å². The van der Waals surface area contributed by atoms with Crippen LogP contribution in [0.15, 0.2) is 46.9 Å². The number of halogens is 2. The van der Waals surface area contributed by atoms with E-state index in [1.807, 2.05) is 6.07 Å². The molecular formula is C15H10BrClO3. The zero-order chi connectivity index (χ0) is 14.3. The van der Waals surface area contributed by atoms with Crippen LogP contribution in [0.2, 0.25) is 5.02 Å². The zero-order valence-electron chi connectivity index (χ0n) is 10.3. The van der Waals surface area contributed by atoms with Crippen molar-refractivity contribution in [2.24, 2.45) is 0 Å². The summed E-state index contributed by atoms with van der Waals surface area (Å²) in [5.74, 6) is -0.463. The first kappa shape index (κ1) is 13.5. The van der Waals surface area contributed by atoms with Gasteiger partial charge in [0.25, 0.3) is 0 Å². The molecule has 2 aromatic carbocycles. The molecule has 0 bridgehead atoms. The molecule has 1 heterocycles. The van der Waals surface area contributed by atoms with E-state index in [1.165, 1.54) is 0 Å². The molecule has 0 spiro atoms. The fourth-order valence-corrected chi connectivity index (χ4v) is 3.06. The molecule has 20 heavy (non-hydrogen) atoms. The number of benzene rings is 2. The first-order chi connectivity index (χ1) is 9.54. The summed E-state index contributed by atoms with van der Waals surface area (Å²) in [5, 5.41) is 10.2. The lowest BCUT2D eigenvalue weighted by Gasteiger charge is -2.24. The third-order valence-corrected chi connectivity index (χ3v) is 4.90. The summed E-state index contributed by atoms with van der Waals surface area (Å²) in [6.45, 7) is 0. The Hall–Kier alpha value is -1.52. The predicted molar refractivity (Wildman–Crippen MR) is 79.2 cm³/mol. The van der Waals surface area contributed by atoms with Crippen molar-refractivity contribution in [3.05, 3.63) is 63.1 Å². The van der Waals surface area contributed by atoms with Crippen LogP contribution in [0, 0.1) is 0 Å². The highest BCUT2D eigenvalue weighted by molar-refractivity contribution is 9.10. The fourth-order valence-electron chi connectivity index (χ4n) is 2.42. The topological polar surface area (TPSA) is 46.5 Å². The molecule has 1 atom stereocenters. The molecule has 0 aromatic heterocycles. The molecule has 0 amide bonds. The number of carboxylic acids is 1. The van der Waals surface area contributed by atoms with E-state index in [1.54, 1.807) is 36.4 Å². The number of hydrogen-bond acceptors (Lipinski definition) is 2. The second-order valence-corrected chi connectivity index (χ2v) is 5.82. The van der Waals surface area contributed by atoms with Crippen molar-refractivity contribution in [3.8, 4) is 5.75 Å². The minimum absolute atomic E-state index is 0.239. The number of hydrogen-bond donors (Lipinski definition) is 1. The highest BCUT2D eigenvalue weighted by Gasteiger charge is 2.49. The van der Waals surface area contributed by atoms with Crippen molar-refractivity contribution < 1.29 is 14.6 Å². The molecule has 1 N–H and O–H groups in total. The molecule has 0 saturated carbocycles. The molecule has 0 unspecified atom stereocenters. The molecule has 5 heteroatoms. The van der Waals surface area contributed by atoms with E-state index in [0.717, 1.165) is 5.56 Å². The molecule has 1 aliphatic heterocycles. The fraction of sp³-hybridized carbons (Fsp3) is 0.133. The Morgan fingerprint density at radius 1 is 1.25 bits per heavy atom. The van der Waals surface area contributed by atoms with Crippen molar-refractivity contribution in [2.45, 2.75) is 12.0 Å². The van der Waals surface area contributed by atoms with E-state index in [0.29, 0.717) is 20.8 Å². The van der Waals surface area contributed by atoms with Gasteiger partial charge < -0.3 is 9.84 Å². The van der Waals surface area contributed by atoms with Gasteiger partial charge in [0.1, 0.15) is 5.75 Å². The average molecular weight is 354 g/mol. The van der Waals surface area contributed by atoms with Crippen LogP contribution in [0.4, 0.5) is 0 Å². The predicted octanol–water partition coefficient (Wildman–Crippen LogP) is 4.02. The van der Waals surface area contributed by atoms with Gasteiger partial charge in [0.05, 0.1) is 5.02 Å². The summed E-state index contributed by atoms with van der Waals surface area (Å²) >= 11 is 9.46. The van der Waals surface area contributed by atoms with Crippen LogP contribution in [0.1, 0.15) is 11.1 Å². The van der Waals surface area contributed by atoms with Crippen molar-refractivity contribution in [2.75, 3.05) is 0 Å². The maximum atomic E-state index is 11.8. The van der Waals surface area contributed by atoms with Gasteiger partial charge in [-0.1, -0.05) is 41.9 Å². The zero-order valence-corrected chi connectivity index (χ0v) is 12.6. The van der Waals surface area contributed by atoms with Gasteiger partial charge >= 0.3 is 5.97 Å². The molecule has 1 aliphatic rings. The van der Waals surface area contributed by atoms with Gasteiger partial charge in [-0.25, -0.2) is 4.79 Å². The smallest absolute Gasteiger partial charge is 0.353 e. The van der Waals surface area contributed by atoms with E-state index >= 15 is 0 Å². The van der Waals surface area contributed by atoms with Crippen LogP contribution in [0.3, 0.4) is 0 Å². The highest BCUT2D eigenvalue weighted by Crippen LogP contribution is 2.46. The molecule has 0 radical (unpaired) electrons. The van der Waals surface area contributed by atoms with Crippen molar-refractivity contribution >= 4 is 33.5 Å². The SMILES string of the molecule is O=C(O)[C@@]1(c2ccccc2)Cc2c(ccc(Cl)c2Br)O1. The Morgan fingerprint density at radius 3 is 2.60 bits per heavy atom. The lowest BCUT2D eigenvalue weighted by Crippen LogP contribution is -2.40. The summed E-state index contributed by atoms with van der Waals surface area (Å²) in [5.41, 5.74) is 0.00652. The number of rotatable bonds is 2. The number of fused-ring (bicyclic) bond motifs is 1. The largest absolute Gasteiger partial charge is 0.478 e. The van der Waals surface area contributed by atoms with Crippen molar-refractivity contribution in [3.63, 3.8) is 0 Å². The Labute approximate surface area is 129 Å². The number of carboxylic acid groups (broad SMARTS) is 1. The van der Waals surface area contributed by atoms with Gasteiger partial charge in [0, 0.05) is 22.0 Å². The van der Waals surface area contributed by atoms with Crippen LogP contribution >= 0.6 is 27.5 Å². The molecule has 2 aromatic rings. The Bertz CT molecular complexity index is 687. The molecule has 0 aliphatic carbocycles. The number of carbonyl (C=O) groups is 1. The van der Waals surface area contributed by atoms with E-state index < -0.39 is 11.6 Å². The van der Waals surface area contributed by atoms with Crippen LogP contribution < -0.4 is 4.74 Å². The van der Waals surface area contributed by atoms with Gasteiger partial charge in [-0.3, -0.25) is 0 Å². The van der Waals surface area contributed by atoms with E-state index in [4.69, 9.17) is 16.3 Å².